The van der Waals surface area contributed by atoms with E-state index in [0.717, 1.165) is 116 Å². The zero-order chi connectivity index (χ0) is 49.9. The van der Waals surface area contributed by atoms with Crippen molar-refractivity contribution in [3.8, 4) is 0 Å². The smallest absolute Gasteiger partial charge is 0.462 e. The zero-order valence-corrected chi connectivity index (χ0v) is 44.7. The highest BCUT2D eigenvalue weighted by atomic mass is 31.2. The van der Waals surface area contributed by atoms with Gasteiger partial charge in [-0.3, -0.25) is 18.6 Å². The van der Waals surface area contributed by atoms with Gasteiger partial charge in [-0.1, -0.05) is 187 Å². The van der Waals surface area contributed by atoms with Gasteiger partial charge in [0.1, 0.15) is 19.8 Å². The first-order valence-corrected chi connectivity index (χ1v) is 28.1. The minimum atomic E-state index is -4.40. The number of phosphoric ester groups is 1. The van der Waals surface area contributed by atoms with Gasteiger partial charge in [-0.25, -0.2) is 4.57 Å². The number of phosphoric acid groups is 1. The van der Waals surface area contributed by atoms with E-state index in [4.69, 9.17) is 18.5 Å². The van der Waals surface area contributed by atoms with Gasteiger partial charge < -0.3 is 18.9 Å². The quantitative estimate of drug-likeness (QED) is 0.0211. The number of quaternary nitrogens is 1. The number of hydrogen-bond donors (Lipinski definition) is 1. The van der Waals surface area contributed by atoms with Crippen LogP contribution in [0.25, 0.3) is 0 Å². The van der Waals surface area contributed by atoms with Crippen molar-refractivity contribution in [3.05, 3.63) is 109 Å². The third kappa shape index (κ3) is 52.0. The molecule has 0 amide bonds. The Kier molecular flexibility index (Phi) is 46.3. The Morgan fingerprint density at radius 3 is 1.25 bits per heavy atom. The fraction of sp³-hybridized carbons (Fsp3) is 0.655. The molecular weight excluding hydrogens is 870 g/mol. The monoisotopic (exact) mass is 969 g/mol. The predicted octanol–water partition coefficient (Wildman–Crippen LogP) is 16.2. The third-order valence-electron chi connectivity index (χ3n) is 10.8. The van der Waals surface area contributed by atoms with Gasteiger partial charge in [-0.2, -0.15) is 0 Å². The normalized spacial score (nSPS) is 14.3. The molecule has 0 aromatic heterocycles. The molecule has 0 aliphatic heterocycles. The lowest BCUT2D eigenvalue weighted by Crippen LogP contribution is -2.37. The molecule has 0 fully saturated rings. The van der Waals surface area contributed by atoms with E-state index in [9.17, 15) is 19.0 Å². The lowest BCUT2D eigenvalue weighted by atomic mass is 10.1. The van der Waals surface area contributed by atoms with E-state index in [-0.39, 0.29) is 32.0 Å². The van der Waals surface area contributed by atoms with Gasteiger partial charge in [0, 0.05) is 12.8 Å². The van der Waals surface area contributed by atoms with Gasteiger partial charge in [0.2, 0.25) is 0 Å². The van der Waals surface area contributed by atoms with Crippen LogP contribution < -0.4 is 0 Å². The number of hydrogen-bond acceptors (Lipinski definition) is 7. The standard InChI is InChI=1S/C58H98NO8P/c1-6-8-10-12-14-16-18-20-22-24-26-27-28-29-30-31-33-35-37-39-41-43-45-47-49-51-58(61)67-56(55-66-68(62,63)65-53-52-59(3,4)5)54-64-57(60)50-48-46-44-42-40-38-36-34-32-25-23-21-19-17-15-13-11-9-7-2/h8,10,14-17,20-23,26-27,29-30,32-35,56H,6-7,9,11-13,18-19,24-25,28,31,36-55H2,1-5H3/p+1/b10-8-,16-14-,17-15-,22-20-,23-21-,27-26-,30-29-,34-32-,35-33-. The van der Waals surface area contributed by atoms with Crippen molar-refractivity contribution in [2.75, 3.05) is 47.5 Å². The summed E-state index contributed by atoms with van der Waals surface area (Å²) in [6, 6.07) is 0. The van der Waals surface area contributed by atoms with Crippen LogP contribution in [0.3, 0.4) is 0 Å². The molecule has 9 nitrogen and oxygen atoms in total. The van der Waals surface area contributed by atoms with Crippen LogP contribution in [-0.4, -0.2) is 74.9 Å². The van der Waals surface area contributed by atoms with E-state index in [1.807, 2.05) is 21.1 Å². The minimum Gasteiger partial charge on any atom is -0.462 e. The Morgan fingerprint density at radius 1 is 0.471 bits per heavy atom. The summed E-state index contributed by atoms with van der Waals surface area (Å²) < 4.78 is 34.5. The summed E-state index contributed by atoms with van der Waals surface area (Å²) in [5, 5.41) is 0. The van der Waals surface area contributed by atoms with Crippen LogP contribution in [0.4, 0.5) is 0 Å². The maximum atomic E-state index is 12.8. The molecular formula is C58H99NO8P+. The third-order valence-corrected chi connectivity index (χ3v) is 11.8. The molecule has 2 atom stereocenters. The number of unbranched alkanes of at least 4 members (excludes halogenated alkanes) is 15. The van der Waals surface area contributed by atoms with Crippen molar-refractivity contribution < 1.29 is 42.1 Å². The second-order valence-corrected chi connectivity index (χ2v) is 20.0. The number of likely N-dealkylation sites (N-methyl/N-ethyl adjacent to an activating group) is 1. The summed E-state index contributed by atoms with van der Waals surface area (Å²) in [6.45, 7) is 4.24. The van der Waals surface area contributed by atoms with Crippen molar-refractivity contribution >= 4 is 19.8 Å². The van der Waals surface area contributed by atoms with Gasteiger partial charge in [-0.15, -0.1) is 0 Å². The summed E-state index contributed by atoms with van der Waals surface area (Å²) in [5.74, 6) is -0.838. The Balaban J connectivity index is 4.33. The molecule has 0 aromatic carbocycles. The highest BCUT2D eigenvalue weighted by molar-refractivity contribution is 7.47. The van der Waals surface area contributed by atoms with Gasteiger partial charge in [0.25, 0.3) is 0 Å². The summed E-state index contributed by atoms with van der Waals surface area (Å²) in [4.78, 5) is 35.6. The van der Waals surface area contributed by atoms with Crippen LogP contribution in [0, 0.1) is 0 Å². The molecule has 0 rings (SSSR count). The first-order valence-electron chi connectivity index (χ1n) is 26.6. The Hall–Kier alpha value is -3.33. The van der Waals surface area contributed by atoms with Crippen molar-refractivity contribution in [1.29, 1.82) is 0 Å². The van der Waals surface area contributed by atoms with Crippen LogP contribution in [0.5, 0.6) is 0 Å². The zero-order valence-electron chi connectivity index (χ0n) is 43.8. The van der Waals surface area contributed by atoms with E-state index < -0.39 is 26.5 Å². The molecule has 0 heterocycles. The number of ether oxygens (including phenoxy) is 2. The largest absolute Gasteiger partial charge is 0.472 e. The number of carbonyl (C=O) groups excluding carboxylic acids is 2. The topological polar surface area (TPSA) is 108 Å². The average molecular weight is 969 g/mol. The lowest BCUT2D eigenvalue weighted by molar-refractivity contribution is -0.870. The molecule has 0 aliphatic rings. The molecule has 0 aliphatic carbocycles. The number of rotatable bonds is 47. The molecule has 10 heteroatoms. The number of esters is 2. The van der Waals surface area contributed by atoms with E-state index in [1.54, 1.807) is 0 Å². The fourth-order valence-electron chi connectivity index (χ4n) is 6.67. The van der Waals surface area contributed by atoms with E-state index >= 15 is 0 Å². The molecule has 0 spiro atoms. The molecule has 0 saturated carbocycles. The summed E-state index contributed by atoms with van der Waals surface area (Å²) in [7, 11) is 1.44. The SMILES string of the molecule is CC/C=C\C/C=C\C/C=C\C/C=C\C/C=C\C/C=C\CCCCCCCCC(=O)OC(COC(=O)CCCCCCCC/C=C\C/C=C\C/C=C\CCCCC)COP(=O)(O)OCC[N+](C)(C)C. The highest BCUT2D eigenvalue weighted by Crippen LogP contribution is 2.43. The van der Waals surface area contributed by atoms with E-state index in [2.05, 4.69) is 123 Å². The van der Waals surface area contributed by atoms with Gasteiger partial charge >= 0.3 is 19.8 Å². The predicted molar refractivity (Wildman–Crippen MR) is 288 cm³/mol. The number of carbonyl (C=O) groups is 2. The van der Waals surface area contributed by atoms with Crippen molar-refractivity contribution in [3.63, 3.8) is 0 Å². The van der Waals surface area contributed by atoms with Crippen LogP contribution in [-0.2, 0) is 32.7 Å². The molecule has 68 heavy (non-hydrogen) atoms. The second kappa shape index (κ2) is 48.7. The average Bonchev–Trinajstić information content (AvgIpc) is 3.30. The summed E-state index contributed by atoms with van der Waals surface area (Å²) in [6.07, 6.45) is 67.1. The molecule has 2 unspecified atom stereocenters. The molecule has 0 bridgehead atoms. The first-order chi connectivity index (χ1) is 33.0. The van der Waals surface area contributed by atoms with E-state index in [1.165, 1.54) is 38.5 Å². The first kappa shape index (κ1) is 64.7. The van der Waals surface area contributed by atoms with Crippen LogP contribution in [0.1, 0.15) is 194 Å². The molecule has 0 radical (unpaired) electrons. The molecule has 0 aromatic rings. The summed E-state index contributed by atoms with van der Waals surface area (Å²) >= 11 is 0. The lowest BCUT2D eigenvalue weighted by Gasteiger charge is -2.24. The molecule has 1 N–H and O–H groups in total. The van der Waals surface area contributed by atoms with E-state index in [0.29, 0.717) is 23.9 Å². The van der Waals surface area contributed by atoms with Crippen LogP contribution in [0.15, 0.2) is 109 Å². The van der Waals surface area contributed by atoms with Gasteiger partial charge in [0.15, 0.2) is 6.10 Å². The Labute approximate surface area is 416 Å². The van der Waals surface area contributed by atoms with Crippen molar-refractivity contribution in [2.45, 2.75) is 200 Å². The van der Waals surface area contributed by atoms with Gasteiger partial charge in [0.05, 0.1) is 27.7 Å². The highest BCUT2D eigenvalue weighted by Gasteiger charge is 2.27. The summed E-state index contributed by atoms with van der Waals surface area (Å²) in [5.41, 5.74) is 0. The maximum absolute atomic E-state index is 12.8. The van der Waals surface area contributed by atoms with Crippen LogP contribution >= 0.6 is 7.82 Å². The van der Waals surface area contributed by atoms with Gasteiger partial charge in [-0.05, 0) is 103 Å². The fourth-order valence-corrected chi connectivity index (χ4v) is 7.41. The maximum Gasteiger partial charge on any atom is 0.472 e. The molecule has 388 valence electrons. The number of allylic oxidation sites excluding steroid dienone is 18. The minimum absolute atomic E-state index is 0.0197. The van der Waals surface area contributed by atoms with Crippen molar-refractivity contribution in [1.82, 2.24) is 0 Å². The Morgan fingerprint density at radius 2 is 0.838 bits per heavy atom. The second-order valence-electron chi connectivity index (χ2n) is 18.5. The Bertz CT molecular complexity index is 1520. The number of nitrogens with zero attached hydrogens (tertiary/aromatic N) is 1. The van der Waals surface area contributed by atoms with Crippen LogP contribution in [0.2, 0.25) is 0 Å². The molecule has 0 saturated heterocycles. The van der Waals surface area contributed by atoms with Crippen molar-refractivity contribution in [2.24, 2.45) is 0 Å².